The number of ether oxygens (including phenoxy) is 2. The van der Waals surface area contributed by atoms with E-state index in [0.29, 0.717) is 22.8 Å². The van der Waals surface area contributed by atoms with Gasteiger partial charge in [-0.1, -0.05) is 23.7 Å². The number of rotatable bonds is 2. The lowest BCUT2D eigenvalue weighted by atomic mass is 9.96. The van der Waals surface area contributed by atoms with Gasteiger partial charge >= 0.3 is 0 Å². The smallest absolute Gasteiger partial charge is 0.170 e. The van der Waals surface area contributed by atoms with Crippen LogP contribution in [-0.4, -0.2) is 12.9 Å². The van der Waals surface area contributed by atoms with Crippen molar-refractivity contribution >= 4 is 17.4 Å². The molecule has 0 fully saturated rings. The molecule has 1 atom stereocenters. The zero-order valence-corrected chi connectivity index (χ0v) is 11.7. The lowest BCUT2D eigenvalue weighted by molar-refractivity contribution is 0.0850. The Hall–Kier alpha value is -2.00. The van der Waals surface area contributed by atoms with Crippen LogP contribution in [0.3, 0.4) is 0 Å². The van der Waals surface area contributed by atoms with Gasteiger partial charge in [0, 0.05) is 5.02 Å². The van der Waals surface area contributed by atoms with Crippen molar-refractivity contribution in [3.05, 3.63) is 58.6 Å². The van der Waals surface area contributed by atoms with Crippen LogP contribution in [0.15, 0.2) is 42.5 Å². The van der Waals surface area contributed by atoms with Crippen molar-refractivity contribution in [2.75, 3.05) is 7.11 Å². The van der Waals surface area contributed by atoms with Gasteiger partial charge < -0.3 is 9.47 Å². The molecule has 0 radical (unpaired) electrons. The summed E-state index contributed by atoms with van der Waals surface area (Å²) >= 11 is 5.95. The van der Waals surface area contributed by atoms with E-state index in [2.05, 4.69) is 0 Å². The number of hydrogen-bond acceptors (Lipinski definition) is 3. The second kappa shape index (κ2) is 5.17. The third-order valence-corrected chi connectivity index (χ3v) is 3.61. The molecule has 1 heterocycles. The van der Waals surface area contributed by atoms with Gasteiger partial charge in [-0.25, -0.2) is 0 Å². The van der Waals surface area contributed by atoms with Crippen molar-refractivity contribution < 1.29 is 14.3 Å². The number of carbonyl (C=O) groups is 1. The van der Waals surface area contributed by atoms with Crippen molar-refractivity contribution in [2.24, 2.45) is 0 Å². The molecule has 3 nitrogen and oxygen atoms in total. The molecule has 1 aliphatic heterocycles. The van der Waals surface area contributed by atoms with Crippen molar-refractivity contribution in [2.45, 2.75) is 12.5 Å². The molecule has 2 aromatic rings. The van der Waals surface area contributed by atoms with Gasteiger partial charge in [-0.2, -0.15) is 0 Å². The molecule has 0 spiro atoms. The standard InChI is InChI=1S/C16H13ClO3/c1-19-12-5-2-10(3-6-12)15-9-14(18)13-7-4-11(17)8-16(13)20-15/h2-8,15H,9H2,1H3/t15-/m1/s1. The number of methoxy groups -OCH3 is 1. The first kappa shape index (κ1) is 13.0. The van der Waals surface area contributed by atoms with E-state index < -0.39 is 0 Å². The van der Waals surface area contributed by atoms with Crippen molar-refractivity contribution in [3.63, 3.8) is 0 Å². The predicted molar refractivity (Wildman–Crippen MR) is 76.8 cm³/mol. The molecule has 0 aromatic heterocycles. The third-order valence-electron chi connectivity index (χ3n) is 3.37. The monoisotopic (exact) mass is 288 g/mol. The van der Waals surface area contributed by atoms with Gasteiger partial charge in [0.15, 0.2) is 5.78 Å². The molecule has 2 aromatic carbocycles. The van der Waals surface area contributed by atoms with Gasteiger partial charge in [-0.3, -0.25) is 4.79 Å². The van der Waals surface area contributed by atoms with E-state index in [1.807, 2.05) is 24.3 Å². The van der Waals surface area contributed by atoms with Crippen LogP contribution in [0.1, 0.15) is 28.4 Å². The minimum absolute atomic E-state index is 0.0729. The van der Waals surface area contributed by atoms with E-state index in [1.165, 1.54) is 0 Å². The highest BCUT2D eigenvalue weighted by atomic mass is 35.5. The Bertz CT molecular complexity index is 649. The Labute approximate surface area is 122 Å². The summed E-state index contributed by atoms with van der Waals surface area (Å²) in [6, 6.07) is 12.6. The van der Waals surface area contributed by atoms with E-state index in [4.69, 9.17) is 21.1 Å². The zero-order valence-electron chi connectivity index (χ0n) is 10.9. The highest BCUT2D eigenvalue weighted by Gasteiger charge is 2.27. The summed E-state index contributed by atoms with van der Waals surface area (Å²) in [6.45, 7) is 0. The molecule has 0 unspecified atom stereocenters. The van der Waals surface area contributed by atoms with Crippen LogP contribution in [0.5, 0.6) is 11.5 Å². The first-order valence-electron chi connectivity index (χ1n) is 6.31. The fraction of sp³-hybridized carbons (Fsp3) is 0.188. The lowest BCUT2D eigenvalue weighted by Crippen LogP contribution is -2.20. The average Bonchev–Trinajstić information content (AvgIpc) is 2.46. The van der Waals surface area contributed by atoms with Crippen molar-refractivity contribution in [3.8, 4) is 11.5 Å². The molecular weight excluding hydrogens is 276 g/mol. The maximum atomic E-state index is 12.2. The van der Waals surface area contributed by atoms with Crippen LogP contribution in [0.2, 0.25) is 5.02 Å². The van der Waals surface area contributed by atoms with Crippen molar-refractivity contribution in [1.29, 1.82) is 0 Å². The maximum absolute atomic E-state index is 12.2. The number of hydrogen-bond donors (Lipinski definition) is 0. The molecule has 0 saturated carbocycles. The minimum atomic E-state index is -0.278. The zero-order chi connectivity index (χ0) is 14.1. The first-order valence-corrected chi connectivity index (χ1v) is 6.68. The van der Waals surface area contributed by atoms with Crippen LogP contribution < -0.4 is 9.47 Å². The number of halogens is 1. The quantitative estimate of drug-likeness (QED) is 0.836. The molecule has 4 heteroatoms. The van der Waals surface area contributed by atoms with Crippen LogP contribution in [-0.2, 0) is 0 Å². The van der Waals surface area contributed by atoms with Gasteiger partial charge in [-0.15, -0.1) is 0 Å². The maximum Gasteiger partial charge on any atom is 0.170 e. The molecule has 20 heavy (non-hydrogen) atoms. The molecule has 0 amide bonds. The summed E-state index contributed by atoms with van der Waals surface area (Å²) in [5.74, 6) is 1.40. The van der Waals surface area contributed by atoms with Crippen LogP contribution >= 0.6 is 11.6 Å². The molecule has 0 saturated heterocycles. The SMILES string of the molecule is COc1ccc([C@H]2CC(=O)c3ccc(Cl)cc3O2)cc1. The fourth-order valence-electron chi connectivity index (χ4n) is 2.30. The Kier molecular flexibility index (Phi) is 3.36. The lowest BCUT2D eigenvalue weighted by Gasteiger charge is -2.25. The largest absolute Gasteiger partial charge is 0.497 e. The van der Waals surface area contributed by atoms with Crippen molar-refractivity contribution in [1.82, 2.24) is 0 Å². The Morgan fingerprint density at radius 3 is 2.65 bits per heavy atom. The first-order chi connectivity index (χ1) is 9.67. The minimum Gasteiger partial charge on any atom is -0.497 e. The fourth-order valence-corrected chi connectivity index (χ4v) is 2.46. The summed E-state index contributed by atoms with van der Waals surface area (Å²) in [4.78, 5) is 12.2. The Morgan fingerprint density at radius 1 is 1.20 bits per heavy atom. The third kappa shape index (κ3) is 2.37. The van der Waals surface area contributed by atoms with Gasteiger partial charge in [0.05, 0.1) is 19.1 Å². The molecular formula is C16H13ClO3. The van der Waals surface area contributed by atoms with E-state index >= 15 is 0 Å². The highest BCUT2D eigenvalue weighted by Crippen LogP contribution is 2.36. The second-order valence-corrected chi connectivity index (χ2v) is 5.08. The van der Waals surface area contributed by atoms with Crippen LogP contribution in [0.4, 0.5) is 0 Å². The van der Waals surface area contributed by atoms with Crippen LogP contribution in [0, 0.1) is 0 Å². The summed E-state index contributed by atoms with van der Waals surface area (Å²) in [6.07, 6.45) is 0.0559. The van der Waals surface area contributed by atoms with Crippen LogP contribution in [0.25, 0.3) is 0 Å². The van der Waals surface area contributed by atoms with E-state index in [-0.39, 0.29) is 11.9 Å². The number of fused-ring (bicyclic) bond motifs is 1. The average molecular weight is 289 g/mol. The normalized spacial score (nSPS) is 17.3. The molecule has 0 N–H and O–H groups in total. The summed E-state index contributed by atoms with van der Waals surface area (Å²) in [5.41, 5.74) is 1.55. The molecule has 0 aliphatic carbocycles. The van der Waals surface area contributed by atoms with Gasteiger partial charge in [0.25, 0.3) is 0 Å². The van der Waals surface area contributed by atoms with E-state index in [0.717, 1.165) is 11.3 Å². The number of Topliss-reactive ketones (excluding diaryl/α,β-unsaturated/α-hetero) is 1. The van der Waals surface area contributed by atoms with Gasteiger partial charge in [0.2, 0.25) is 0 Å². The molecule has 102 valence electrons. The van der Waals surface area contributed by atoms with Gasteiger partial charge in [-0.05, 0) is 35.9 Å². The van der Waals surface area contributed by atoms with Gasteiger partial charge in [0.1, 0.15) is 17.6 Å². The predicted octanol–water partition coefficient (Wildman–Crippen LogP) is 4.06. The summed E-state index contributed by atoms with van der Waals surface area (Å²) in [5, 5.41) is 0.562. The summed E-state index contributed by atoms with van der Waals surface area (Å²) < 4.78 is 11.0. The highest BCUT2D eigenvalue weighted by molar-refractivity contribution is 6.30. The topological polar surface area (TPSA) is 35.5 Å². The summed E-state index contributed by atoms with van der Waals surface area (Å²) in [7, 11) is 1.62. The van der Waals surface area contributed by atoms with E-state index in [1.54, 1.807) is 25.3 Å². The number of carbonyl (C=O) groups excluding carboxylic acids is 1. The molecule has 0 bridgehead atoms. The van der Waals surface area contributed by atoms with E-state index in [9.17, 15) is 4.79 Å². The second-order valence-electron chi connectivity index (χ2n) is 4.65. The number of benzene rings is 2. The Balaban J connectivity index is 1.91. The molecule has 3 rings (SSSR count). The number of ketones is 1. The molecule has 1 aliphatic rings. The Morgan fingerprint density at radius 2 is 1.95 bits per heavy atom.